The lowest BCUT2D eigenvalue weighted by molar-refractivity contribution is 0.625. The summed E-state index contributed by atoms with van der Waals surface area (Å²) in [5.41, 5.74) is 1.24. The highest BCUT2D eigenvalue weighted by molar-refractivity contribution is 5.57. The van der Waals surface area contributed by atoms with Crippen LogP contribution in [0, 0.1) is 12.7 Å². The number of aryl methyl sites for hydroxylation is 1. The van der Waals surface area contributed by atoms with Crippen LogP contribution in [-0.4, -0.2) is 34.9 Å². The van der Waals surface area contributed by atoms with E-state index in [1.165, 1.54) is 22.8 Å². The molecule has 1 heterocycles. The molecule has 0 unspecified atom stereocenters. The Morgan fingerprint density at radius 3 is 2.62 bits per heavy atom. The Kier molecular flexibility index (Phi) is 4.47. The molecule has 0 atom stereocenters. The third-order valence-electron chi connectivity index (χ3n) is 2.77. The van der Waals surface area contributed by atoms with Gasteiger partial charge in [-0.05, 0) is 24.6 Å². The van der Waals surface area contributed by atoms with Gasteiger partial charge in [-0.25, -0.2) is 14.4 Å². The van der Waals surface area contributed by atoms with Crippen LogP contribution in [-0.2, 0) is 6.54 Å². The number of aliphatic imine (C=N–C) groups is 1. The van der Waals surface area contributed by atoms with E-state index in [-0.39, 0.29) is 11.4 Å². The first-order valence-corrected chi connectivity index (χ1v) is 6.49. The molecule has 0 radical (unpaired) electrons. The number of hydrogen-bond acceptors (Lipinski definition) is 3. The lowest BCUT2D eigenvalue weighted by Crippen LogP contribution is -2.22. The third-order valence-corrected chi connectivity index (χ3v) is 2.77. The summed E-state index contributed by atoms with van der Waals surface area (Å²) < 4.78 is 14.4. The van der Waals surface area contributed by atoms with Gasteiger partial charge in [-0.1, -0.05) is 12.1 Å². The molecular weight excluding hydrogens is 271 g/mol. The summed E-state index contributed by atoms with van der Waals surface area (Å²) in [4.78, 5) is 22.4. The summed E-state index contributed by atoms with van der Waals surface area (Å²) in [7, 11) is 3.67. The fraction of sp³-hybridized carbons (Fsp3) is 0.267. The van der Waals surface area contributed by atoms with E-state index in [0.29, 0.717) is 18.2 Å². The van der Waals surface area contributed by atoms with Crippen molar-refractivity contribution in [2.45, 2.75) is 13.5 Å². The van der Waals surface area contributed by atoms with Gasteiger partial charge in [0.25, 0.3) is 5.56 Å². The van der Waals surface area contributed by atoms with Crippen molar-refractivity contribution < 1.29 is 4.39 Å². The lowest BCUT2D eigenvalue weighted by atomic mass is 10.2. The zero-order valence-corrected chi connectivity index (χ0v) is 12.2. The second-order valence-corrected chi connectivity index (χ2v) is 4.96. The quantitative estimate of drug-likeness (QED) is 0.638. The molecule has 1 aromatic heterocycles. The Bertz CT molecular complexity index is 705. The van der Waals surface area contributed by atoms with Gasteiger partial charge in [0, 0.05) is 25.9 Å². The molecule has 6 heteroatoms. The molecule has 110 valence electrons. The Labute approximate surface area is 122 Å². The molecule has 0 saturated carbocycles. The Balaban J connectivity index is 2.41. The van der Waals surface area contributed by atoms with Gasteiger partial charge in [-0.2, -0.15) is 0 Å². The highest BCUT2D eigenvalue weighted by Crippen LogP contribution is 2.10. The van der Waals surface area contributed by atoms with Gasteiger partial charge >= 0.3 is 0 Å². The van der Waals surface area contributed by atoms with E-state index in [0.717, 1.165) is 5.56 Å². The fourth-order valence-electron chi connectivity index (χ4n) is 1.79. The first kappa shape index (κ1) is 14.9. The van der Waals surface area contributed by atoms with Crippen molar-refractivity contribution in [1.29, 1.82) is 0 Å². The molecule has 0 aliphatic rings. The molecule has 1 aromatic carbocycles. The van der Waals surface area contributed by atoms with Crippen LogP contribution in [0.25, 0.3) is 0 Å². The number of rotatable bonds is 4. The molecular formula is C15H17FN4O. The molecule has 21 heavy (non-hydrogen) atoms. The van der Waals surface area contributed by atoms with E-state index in [2.05, 4.69) is 9.98 Å². The maximum absolute atomic E-state index is 12.9. The van der Waals surface area contributed by atoms with Crippen LogP contribution in [0.5, 0.6) is 0 Å². The average Bonchev–Trinajstić information content (AvgIpc) is 2.42. The maximum atomic E-state index is 12.9. The van der Waals surface area contributed by atoms with Gasteiger partial charge in [0.1, 0.15) is 5.82 Å². The highest BCUT2D eigenvalue weighted by atomic mass is 19.1. The normalized spacial score (nSPS) is 11.0. The van der Waals surface area contributed by atoms with Crippen molar-refractivity contribution in [3.05, 3.63) is 57.8 Å². The van der Waals surface area contributed by atoms with Crippen LogP contribution < -0.4 is 5.56 Å². The van der Waals surface area contributed by atoms with E-state index >= 15 is 0 Å². The average molecular weight is 288 g/mol. The first-order chi connectivity index (χ1) is 9.95. The van der Waals surface area contributed by atoms with E-state index in [4.69, 9.17) is 0 Å². The summed E-state index contributed by atoms with van der Waals surface area (Å²) >= 11 is 0. The van der Waals surface area contributed by atoms with Crippen molar-refractivity contribution in [3.8, 4) is 0 Å². The number of hydrogen-bond donors (Lipinski definition) is 0. The minimum Gasteiger partial charge on any atom is -0.369 e. The predicted molar refractivity (Wildman–Crippen MR) is 80.6 cm³/mol. The Morgan fingerprint density at radius 1 is 1.33 bits per heavy atom. The summed E-state index contributed by atoms with van der Waals surface area (Å²) in [5, 5.41) is 0. The molecule has 0 fully saturated rings. The number of nitrogens with zero attached hydrogens (tertiary/aromatic N) is 4. The molecule has 0 saturated heterocycles. The highest BCUT2D eigenvalue weighted by Gasteiger charge is 2.07. The number of aromatic nitrogens is 2. The van der Waals surface area contributed by atoms with E-state index < -0.39 is 0 Å². The molecule has 0 aliphatic heterocycles. The molecule has 0 aliphatic carbocycles. The standard InChI is InChI=1S/C15H17FN4O/c1-11-8-14(21)20(15(18-11)17-10-19(2)3)9-12-4-6-13(16)7-5-12/h4-8,10H,9H2,1-3H3/b17-10+. The van der Waals surface area contributed by atoms with Crippen LogP contribution in [0.1, 0.15) is 11.3 Å². The van der Waals surface area contributed by atoms with Gasteiger partial charge < -0.3 is 4.90 Å². The zero-order chi connectivity index (χ0) is 15.4. The van der Waals surface area contributed by atoms with Gasteiger partial charge in [-0.3, -0.25) is 9.36 Å². The van der Waals surface area contributed by atoms with Crippen molar-refractivity contribution in [3.63, 3.8) is 0 Å². The smallest absolute Gasteiger partial charge is 0.255 e. The van der Waals surface area contributed by atoms with Crippen LogP contribution in [0.3, 0.4) is 0 Å². The van der Waals surface area contributed by atoms with Crippen molar-refractivity contribution in [2.24, 2.45) is 4.99 Å². The van der Waals surface area contributed by atoms with Gasteiger partial charge in [0.2, 0.25) is 5.95 Å². The van der Waals surface area contributed by atoms with Crippen molar-refractivity contribution >= 4 is 12.3 Å². The SMILES string of the molecule is Cc1cc(=O)n(Cc2ccc(F)cc2)c(/N=C/N(C)C)n1. The molecule has 5 nitrogen and oxygen atoms in total. The maximum Gasteiger partial charge on any atom is 0.255 e. The van der Waals surface area contributed by atoms with Crippen LogP contribution in [0.4, 0.5) is 10.3 Å². The predicted octanol–water partition coefficient (Wildman–Crippen LogP) is 1.96. The summed E-state index contributed by atoms with van der Waals surface area (Å²) in [6, 6.07) is 7.47. The second-order valence-electron chi connectivity index (χ2n) is 4.96. The number of halogens is 1. The van der Waals surface area contributed by atoms with Gasteiger partial charge in [0.15, 0.2) is 0 Å². The fourth-order valence-corrected chi connectivity index (χ4v) is 1.79. The summed E-state index contributed by atoms with van der Waals surface area (Å²) in [6.07, 6.45) is 1.59. The monoisotopic (exact) mass is 288 g/mol. The molecule has 0 amide bonds. The second kappa shape index (κ2) is 6.30. The first-order valence-electron chi connectivity index (χ1n) is 6.49. The van der Waals surface area contributed by atoms with Crippen molar-refractivity contribution in [1.82, 2.24) is 14.5 Å². The van der Waals surface area contributed by atoms with Crippen LogP contribution in [0.2, 0.25) is 0 Å². The third kappa shape index (κ3) is 3.98. The topological polar surface area (TPSA) is 50.5 Å². The summed E-state index contributed by atoms with van der Waals surface area (Å²) in [6.45, 7) is 2.05. The molecule has 0 spiro atoms. The summed E-state index contributed by atoms with van der Waals surface area (Å²) in [5.74, 6) is 0.0250. The van der Waals surface area contributed by atoms with Gasteiger partial charge in [-0.15, -0.1) is 0 Å². The van der Waals surface area contributed by atoms with Crippen LogP contribution >= 0.6 is 0 Å². The Hall–Kier alpha value is -2.50. The number of benzene rings is 1. The molecule has 2 aromatic rings. The van der Waals surface area contributed by atoms with Crippen LogP contribution in [0.15, 0.2) is 40.1 Å². The molecule has 0 N–H and O–H groups in total. The van der Waals surface area contributed by atoms with Crippen molar-refractivity contribution in [2.75, 3.05) is 14.1 Å². The van der Waals surface area contributed by atoms with E-state index in [9.17, 15) is 9.18 Å². The van der Waals surface area contributed by atoms with E-state index in [1.807, 2.05) is 14.1 Å². The molecule has 0 bridgehead atoms. The van der Waals surface area contributed by atoms with Gasteiger partial charge in [0.05, 0.1) is 12.9 Å². The minimum atomic E-state index is -0.306. The minimum absolute atomic E-state index is 0.183. The Morgan fingerprint density at radius 2 is 2.00 bits per heavy atom. The largest absolute Gasteiger partial charge is 0.369 e. The van der Waals surface area contributed by atoms with E-state index in [1.54, 1.807) is 30.3 Å². The molecule has 2 rings (SSSR count). The lowest BCUT2D eigenvalue weighted by Gasteiger charge is -2.10. The zero-order valence-electron chi connectivity index (χ0n) is 12.2.